The summed E-state index contributed by atoms with van der Waals surface area (Å²) in [4.78, 5) is 6.46. The van der Waals surface area contributed by atoms with E-state index in [2.05, 4.69) is 9.88 Å². The lowest BCUT2D eigenvalue weighted by Gasteiger charge is -2.36. The van der Waals surface area contributed by atoms with Gasteiger partial charge in [0, 0.05) is 12.1 Å². The predicted molar refractivity (Wildman–Crippen MR) is 110 cm³/mol. The van der Waals surface area contributed by atoms with Gasteiger partial charge in [0.05, 0.1) is 36.7 Å². The van der Waals surface area contributed by atoms with Crippen molar-refractivity contribution in [3.05, 3.63) is 83.6 Å². The number of morpholine rings is 1. The number of imidazole rings is 1. The SMILES string of the molecule is N#Cc1cc(-c2cnc3ccc(N4CCOCC4c4cccc(F)c4)nn23)ccc1F. The van der Waals surface area contributed by atoms with Gasteiger partial charge in [-0.2, -0.15) is 5.26 Å². The molecule has 3 heterocycles. The van der Waals surface area contributed by atoms with Crippen LogP contribution in [0.25, 0.3) is 16.9 Å². The molecule has 1 unspecified atom stereocenters. The summed E-state index contributed by atoms with van der Waals surface area (Å²) in [6.45, 7) is 1.55. The summed E-state index contributed by atoms with van der Waals surface area (Å²) in [6, 6.07) is 16.2. The van der Waals surface area contributed by atoms with Crippen molar-refractivity contribution in [1.82, 2.24) is 14.6 Å². The molecule has 8 heteroatoms. The van der Waals surface area contributed by atoms with Crippen LogP contribution in [0.5, 0.6) is 0 Å². The number of fused-ring (bicyclic) bond motifs is 1. The first-order valence-electron chi connectivity index (χ1n) is 9.79. The van der Waals surface area contributed by atoms with Crippen molar-refractivity contribution in [3.8, 4) is 17.3 Å². The topological polar surface area (TPSA) is 66.5 Å². The van der Waals surface area contributed by atoms with E-state index in [0.29, 0.717) is 42.5 Å². The fourth-order valence-electron chi connectivity index (χ4n) is 3.85. The quantitative estimate of drug-likeness (QED) is 0.502. The van der Waals surface area contributed by atoms with Crippen molar-refractivity contribution in [3.63, 3.8) is 0 Å². The van der Waals surface area contributed by atoms with Crippen LogP contribution in [0.3, 0.4) is 0 Å². The lowest BCUT2D eigenvalue weighted by molar-refractivity contribution is 0.0935. The number of hydrogen-bond donors (Lipinski definition) is 0. The lowest BCUT2D eigenvalue weighted by Crippen LogP contribution is -2.40. The summed E-state index contributed by atoms with van der Waals surface area (Å²) in [7, 11) is 0. The molecule has 31 heavy (non-hydrogen) atoms. The van der Waals surface area contributed by atoms with Gasteiger partial charge in [-0.15, -0.1) is 5.10 Å². The number of nitriles is 1. The van der Waals surface area contributed by atoms with E-state index in [1.165, 1.54) is 24.3 Å². The number of nitrogens with zero attached hydrogens (tertiary/aromatic N) is 5. The molecule has 1 aliphatic rings. The minimum atomic E-state index is -0.569. The second-order valence-corrected chi connectivity index (χ2v) is 7.25. The molecule has 1 atom stereocenters. The predicted octanol–water partition coefficient (Wildman–Crippen LogP) is 4.12. The van der Waals surface area contributed by atoms with Gasteiger partial charge >= 0.3 is 0 Å². The van der Waals surface area contributed by atoms with Gasteiger partial charge in [-0.3, -0.25) is 0 Å². The summed E-state index contributed by atoms with van der Waals surface area (Å²) in [6.07, 6.45) is 1.64. The highest BCUT2D eigenvalue weighted by molar-refractivity contribution is 5.65. The van der Waals surface area contributed by atoms with E-state index in [9.17, 15) is 8.78 Å². The van der Waals surface area contributed by atoms with E-state index in [-0.39, 0.29) is 17.4 Å². The van der Waals surface area contributed by atoms with Crippen LogP contribution in [0.2, 0.25) is 0 Å². The molecule has 0 saturated carbocycles. The van der Waals surface area contributed by atoms with Crippen LogP contribution in [-0.2, 0) is 4.74 Å². The van der Waals surface area contributed by atoms with Crippen LogP contribution in [0.1, 0.15) is 17.2 Å². The van der Waals surface area contributed by atoms with Crippen LogP contribution in [0.15, 0.2) is 60.8 Å². The lowest BCUT2D eigenvalue weighted by atomic mass is 10.0. The molecule has 5 rings (SSSR count). The molecular weight excluding hydrogens is 400 g/mol. The third-order valence-electron chi connectivity index (χ3n) is 5.39. The first-order valence-corrected chi connectivity index (χ1v) is 9.79. The molecule has 4 aromatic rings. The molecule has 1 aliphatic heterocycles. The standard InChI is InChI=1S/C23H17F2N5O/c24-18-3-1-2-15(11-18)21-14-31-9-8-29(21)23-7-6-22-27-13-20(30(22)28-23)16-4-5-19(25)17(10-16)12-26/h1-7,10-11,13,21H,8-9,14H2. The summed E-state index contributed by atoms with van der Waals surface area (Å²) in [5.74, 6) is -0.181. The second kappa shape index (κ2) is 7.78. The van der Waals surface area contributed by atoms with Crippen molar-refractivity contribution >= 4 is 11.5 Å². The molecule has 2 aromatic carbocycles. The fraction of sp³-hybridized carbons (Fsp3) is 0.174. The Morgan fingerprint density at radius 1 is 1.10 bits per heavy atom. The maximum absolute atomic E-state index is 13.8. The van der Waals surface area contributed by atoms with E-state index in [1.54, 1.807) is 22.8 Å². The number of halogens is 2. The summed E-state index contributed by atoms with van der Waals surface area (Å²) >= 11 is 0. The van der Waals surface area contributed by atoms with Crippen molar-refractivity contribution < 1.29 is 13.5 Å². The molecule has 0 N–H and O–H groups in total. The Morgan fingerprint density at radius 3 is 2.84 bits per heavy atom. The monoisotopic (exact) mass is 417 g/mol. The van der Waals surface area contributed by atoms with Gasteiger partial charge in [0.2, 0.25) is 0 Å². The zero-order valence-electron chi connectivity index (χ0n) is 16.4. The van der Waals surface area contributed by atoms with Crippen LogP contribution < -0.4 is 4.90 Å². The summed E-state index contributed by atoms with van der Waals surface area (Å²) in [5, 5.41) is 13.9. The smallest absolute Gasteiger partial charge is 0.154 e. The zero-order chi connectivity index (χ0) is 21.4. The highest BCUT2D eigenvalue weighted by Crippen LogP contribution is 2.30. The van der Waals surface area contributed by atoms with Gasteiger partial charge in [-0.1, -0.05) is 12.1 Å². The molecule has 0 bridgehead atoms. The third-order valence-corrected chi connectivity index (χ3v) is 5.39. The normalized spacial score (nSPS) is 16.4. The van der Waals surface area contributed by atoms with E-state index in [1.807, 2.05) is 24.3 Å². The van der Waals surface area contributed by atoms with Gasteiger partial charge in [0.1, 0.15) is 23.5 Å². The first kappa shape index (κ1) is 19.2. The van der Waals surface area contributed by atoms with E-state index < -0.39 is 5.82 Å². The molecule has 154 valence electrons. The maximum Gasteiger partial charge on any atom is 0.154 e. The van der Waals surface area contributed by atoms with Crippen molar-refractivity contribution in [1.29, 1.82) is 5.26 Å². The van der Waals surface area contributed by atoms with Gasteiger partial charge in [0.25, 0.3) is 0 Å². The molecule has 2 aromatic heterocycles. The molecule has 0 aliphatic carbocycles. The van der Waals surface area contributed by atoms with E-state index >= 15 is 0 Å². The Hall–Kier alpha value is -3.83. The van der Waals surface area contributed by atoms with Crippen LogP contribution >= 0.6 is 0 Å². The van der Waals surface area contributed by atoms with Crippen LogP contribution in [-0.4, -0.2) is 34.4 Å². The van der Waals surface area contributed by atoms with Gasteiger partial charge in [-0.25, -0.2) is 18.3 Å². The minimum Gasteiger partial charge on any atom is -0.377 e. The number of ether oxygens (including phenoxy) is 1. The van der Waals surface area contributed by atoms with Crippen LogP contribution in [0.4, 0.5) is 14.6 Å². The van der Waals surface area contributed by atoms with E-state index in [4.69, 9.17) is 15.1 Å². The second-order valence-electron chi connectivity index (χ2n) is 7.25. The Balaban J connectivity index is 1.58. The average Bonchev–Trinajstić information content (AvgIpc) is 3.23. The van der Waals surface area contributed by atoms with Crippen molar-refractivity contribution in [2.24, 2.45) is 0 Å². The average molecular weight is 417 g/mol. The van der Waals surface area contributed by atoms with Gasteiger partial charge in [0.15, 0.2) is 5.65 Å². The fourth-order valence-corrected chi connectivity index (χ4v) is 3.85. The largest absolute Gasteiger partial charge is 0.377 e. The highest BCUT2D eigenvalue weighted by Gasteiger charge is 2.27. The number of benzene rings is 2. The molecule has 6 nitrogen and oxygen atoms in total. The highest BCUT2D eigenvalue weighted by atomic mass is 19.1. The Kier molecular flexibility index (Phi) is 4.81. The van der Waals surface area contributed by atoms with E-state index in [0.717, 1.165) is 5.56 Å². The summed E-state index contributed by atoms with van der Waals surface area (Å²) in [5.41, 5.74) is 2.67. The Morgan fingerprint density at radius 2 is 2.00 bits per heavy atom. The number of hydrogen-bond acceptors (Lipinski definition) is 5. The van der Waals surface area contributed by atoms with Crippen LogP contribution in [0, 0.1) is 23.0 Å². The zero-order valence-corrected chi connectivity index (χ0v) is 16.4. The number of aromatic nitrogens is 3. The third kappa shape index (κ3) is 3.49. The molecular formula is C23H17F2N5O. The number of rotatable bonds is 3. The molecule has 0 spiro atoms. The van der Waals surface area contributed by atoms with Crippen molar-refractivity contribution in [2.75, 3.05) is 24.7 Å². The maximum atomic E-state index is 13.8. The molecule has 1 fully saturated rings. The minimum absolute atomic E-state index is 0.0389. The Bertz CT molecular complexity index is 1310. The van der Waals surface area contributed by atoms with Gasteiger partial charge in [-0.05, 0) is 48.0 Å². The number of anilines is 1. The molecule has 1 saturated heterocycles. The molecule has 0 amide bonds. The Labute approximate surface area is 176 Å². The van der Waals surface area contributed by atoms with Crippen molar-refractivity contribution in [2.45, 2.75) is 6.04 Å². The molecule has 0 radical (unpaired) electrons. The first-order chi connectivity index (χ1) is 15.1. The van der Waals surface area contributed by atoms with Gasteiger partial charge < -0.3 is 9.64 Å². The summed E-state index contributed by atoms with van der Waals surface area (Å²) < 4.78 is 34.9.